The van der Waals surface area contributed by atoms with Crippen molar-refractivity contribution in [3.63, 3.8) is 0 Å². The van der Waals surface area contributed by atoms with Gasteiger partial charge >= 0.3 is 0 Å². The second-order valence-electron chi connectivity index (χ2n) is 6.39. The highest BCUT2D eigenvalue weighted by Crippen LogP contribution is 2.40. The number of aliphatic hydroxyl groups excluding tert-OH is 1. The number of ether oxygens (including phenoxy) is 1. The largest absolute Gasteiger partial charge is 0.492 e. The van der Waals surface area contributed by atoms with Gasteiger partial charge < -0.3 is 9.84 Å². The maximum absolute atomic E-state index is 10.6. The van der Waals surface area contributed by atoms with Crippen LogP contribution in [0.25, 0.3) is 0 Å². The van der Waals surface area contributed by atoms with Crippen molar-refractivity contribution in [1.29, 1.82) is 0 Å². The molecule has 21 heavy (non-hydrogen) atoms. The van der Waals surface area contributed by atoms with Crippen LogP contribution in [0.5, 0.6) is 5.75 Å². The topological polar surface area (TPSA) is 29.5 Å². The summed E-state index contributed by atoms with van der Waals surface area (Å²) in [7, 11) is 0. The van der Waals surface area contributed by atoms with Crippen molar-refractivity contribution in [2.45, 2.75) is 32.3 Å². The van der Waals surface area contributed by atoms with Crippen molar-refractivity contribution in [1.82, 2.24) is 0 Å². The van der Waals surface area contributed by atoms with Crippen molar-refractivity contribution in [2.75, 3.05) is 6.61 Å². The van der Waals surface area contributed by atoms with Gasteiger partial charge in [0.15, 0.2) is 0 Å². The molecule has 1 atom stereocenters. The standard InChI is InChI=1S/C18H19ClO2/c1-11-6-13(8-14(19)7-11)17(20)12-4-5-16-15(9-12)18(2,3)10-21-16/h4-9,17,20H,10H2,1-3H3. The maximum Gasteiger partial charge on any atom is 0.123 e. The average molecular weight is 303 g/mol. The molecule has 2 nitrogen and oxygen atoms in total. The van der Waals surface area contributed by atoms with Gasteiger partial charge in [-0.3, -0.25) is 0 Å². The van der Waals surface area contributed by atoms with E-state index < -0.39 is 6.10 Å². The lowest BCUT2D eigenvalue weighted by atomic mass is 9.85. The van der Waals surface area contributed by atoms with Gasteiger partial charge in [-0.1, -0.05) is 37.6 Å². The van der Waals surface area contributed by atoms with Gasteiger partial charge in [0.1, 0.15) is 11.9 Å². The second-order valence-corrected chi connectivity index (χ2v) is 6.83. The van der Waals surface area contributed by atoms with E-state index in [1.165, 1.54) is 0 Å². The molecule has 1 unspecified atom stereocenters. The van der Waals surface area contributed by atoms with Gasteiger partial charge in [0.25, 0.3) is 0 Å². The number of fused-ring (bicyclic) bond motifs is 1. The predicted molar refractivity (Wildman–Crippen MR) is 85.2 cm³/mol. The Bertz CT molecular complexity index is 671. The molecule has 2 aromatic rings. The number of benzene rings is 2. The Morgan fingerprint density at radius 2 is 1.90 bits per heavy atom. The SMILES string of the molecule is Cc1cc(Cl)cc(C(O)c2ccc3c(c2)C(C)(C)CO3)c1. The van der Waals surface area contributed by atoms with Crippen molar-refractivity contribution < 1.29 is 9.84 Å². The highest BCUT2D eigenvalue weighted by atomic mass is 35.5. The van der Waals surface area contributed by atoms with Crippen LogP contribution < -0.4 is 4.74 Å². The number of aliphatic hydroxyl groups is 1. The van der Waals surface area contributed by atoms with E-state index in [4.69, 9.17) is 16.3 Å². The lowest BCUT2D eigenvalue weighted by Gasteiger charge is -2.18. The Balaban J connectivity index is 2.01. The van der Waals surface area contributed by atoms with Crippen molar-refractivity contribution in [3.05, 3.63) is 63.7 Å². The smallest absolute Gasteiger partial charge is 0.123 e. The minimum Gasteiger partial charge on any atom is -0.492 e. The summed E-state index contributed by atoms with van der Waals surface area (Å²) in [4.78, 5) is 0. The zero-order valence-corrected chi connectivity index (χ0v) is 13.2. The summed E-state index contributed by atoms with van der Waals surface area (Å²) in [6.45, 7) is 6.96. The van der Waals surface area contributed by atoms with E-state index in [-0.39, 0.29) is 5.41 Å². The molecule has 0 fully saturated rings. The Morgan fingerprint density at radius 1 is 1.14 bits per heavy atom. The number of rotatable bonds is 2. The van der Waals surface area contributed by atoms with Crippen LogP contribution in [-0.4, -0.2) is 11.7 Å². The Hall–Kier alpha value is -1.51. The third-order valence-corrected chi connectivity index (χ3v) is 4.24. The van der Waals surface area contributed by atoms with E-state index in [0.717, 1.165) is 28.0 Å². The zero-order valence-electron chi connectivity index (χ0n) is 12.5. The van der Waals surface area contributed by atoms with Crippen LogP contribution in [-0.2, 0) is 5.41 Å². The second kappa shape index (κ2) is 5.04. The van der Waals surface area contributed by atoms with Crippen LogP contribution in [0.2, 0.25) is 5.02 Å². The van der Waals surface area contributed by atoms with Crippen LogP contribution in [0.1, 0.15) is 42.2 Å². The molecule has 3 rings (SSSR count). The molecule has 0 aromatic heterocycles. The fraction of sp³-hybridized carbons (Fsp3) is 0.333. The van der Waals surface area contributed by atoms with Crippen LogP contribution in [0.3, 0.4) is 0 Å². The first-order valence-electron chi connectivity index (χ1n) is 7.09. The summed E-state index contributed by atoms with van der Waals surface area (Å²) in [5.41, 5.74) is 3.86. The van der Waals surface area contributed by atoms with Crippen molar-refractivity contribution in [3.8, 4) is 5.75 Å². The van der Waals surface area contributed by atoms with Crippen LogP contribution in [0.4, 0.5) is 0 Å². The van der Waals surface area contributed by atoms with Gasteiger partial charge in [-0.2, -0.15) is 0 Å². The fourth-order valence-electron chi connectivity index (χ4n) is 2.82. The normalized spacial score (nSPS) is 17.2. The molecule has 110 valence electrons. The van der Waals surface area contributed by atoms with Gasteiger partial charge in [0, 0.05) is 16.0 Å². The lowest BCUT2D eigenvalue weighted by Crippen LogP contribution is -2.18. The molecule has 0 saturated carbocycles. The van der Waals surface area contributed by atoms with Crippen LogP contribution in [0.15, 0.2) is 36.4 Å². The summed E-state index contributed by atoms with van der Waals surface area (Å²) >= 11 is 6.09. The quantitative estimate of drug-likeness (QED) is 0.891. The molecule has 0 radical (unpaired) electrons. The third-order valence-electron chi connectivity index (χ3n) is 4.02. The summed E-state index contributed by atoms with van der Waals surface area (Å²) in [5.74, 6) is 0.915. The van der Waals surface area contributed by atoms with E-state index in [1.54, 1.807) is 0 Å². The first-order chi connectivity index (χ1) is 9.87. The van der Waals surface area contributed by atoms with E-state index >= 15 is 0 Å². The minimum atomic E-state index is -0.677. The average Bonchev–Trinajstić information content (AvgIpc) is 2.72. The molecule has 1 heterocycles. The summed E-state index contributed by atoms with van der Waals surface area (Å²) in [6, 6.07) is 11.6. The molecule has 0 amide bonds. The van der Waals surface area contributed by atoms with Gasteiger partial charge in [-0.15, -0.1) is 0 Å². The molecule has 2 aromatic carbocycles. The molecule has 1 aliphatic heterocycles. The Kier molecular flexibility index (Phi) is 3.46. The first-order valence-corrected chi connectivity index (χ1v) is 7.47. The van der Waals surface area contributed by atoms with Crippen LogP contribution in [0, 0.1) is 6.92 Å². The zero-order chi connectivity index (χ0) is 15.2. The van der Waals surface area contributed by atoms with Crippen molar-refractivity contribution >= 4 is 11.6 Å². The van der Waals surface area contributed by atoms with E-state index in [9.17, 15) is 5.11 Å². The Morgan fingerprint density at radius 3 is 2.62 bits per heavy atom. The monoisotopic (exact) mass is 302 g/mol. The third kappa shape index (κ3) is 2.66. The lowest BCUT2D eigenvalue weighted by molar-refractivity contribution is 0.220. The van der Waals surface area contributed by atoms with Gasteiger partial charge in [-0.05, 0) is 47.9 Å². The maximum atomic E-state index is 10.6. The van der Waals surface area contributed by atoms with Gasteiger partial charge in [0.2, 0.25) is 0 Å². The molecule has 0 saturated heterocycles. The van der Waals surface area contributed by atoms with E-state index in [1.807, 2.05) is 43.3 Å². The van der Waals surface area contributed by atoms with E-state index in [2.05, 4.69) is 13.8 Å². The first kappa shape index (κ1) is 14.4. The molecule has 3 heteroatoms. The summed E-state index contributed by atoms with van der Waals surface area (Å²) in [6.07, 6.45) is -0.677. The predicted octanol–water partition coefficient (Wildman–Crippen LogP) is 4.40. The molecule has 0 bridgehead atoms. The number of hydrogen-bond acceptors (Lipinski definition) is 2. The van der Waals surface area contributed by atoms with Crippen LogP contribution >= 0.6 is 11.6 Å². The molecular weight excluding hydrogens is 284 g/mol. The molecule has 1 N–H and O–H groups in total. The highest BCUT2D eigenvalue weighted by molar-refractivity contribution is 6.30. The minimum absolute atomic E-state index is 0.0185. The number of halogens is 1. The fourth-order valence-corrected chi connectivity index (χ4v) is 3.12. The summed E-state index contributed by atoms with van der Waals surface area (Å²) < 4.78 is 5.69. The molecule has 0 aliphatic carbocycles. The Labute approximate surface area is 130 Å². The highest BCUT2D eigenvalue weighted by Gasteiger charge is 2.32. The van der Waals surface area contributed by atoms with Gasteiger partial charge in [-0.25, -0.2) is 0 Å². The number of hydrogen-bond donors (Lipinski definition) is 1. The summed E-state index contributed by atoms with van der Waals surface area (Å²) in [5, 5.41) is 11.3. The molecular formula is C18H19ClO2. The number of aryl methyl sites for hydroxylation is 1. The van der Waals surface area contributed by atoms with Gasteiger partial charge in [0.05, 0.1) is 6.61 Å². The van der Waals surface area contributed by atoms with Crippen molar-refractivity contribution in [2.24, 2.45) is 0 Å². The molecule has 1 aliphatic rings. The van der Waals surface area contributed by atoms with E-state index in [0.29, 0.717) is 11.6 Å². The molecule has 0 spiro atoms.